The molecule has 1 unspecified atom stereocenters. The SMILES string of the molecule is COCC(O)c1nc(C)c(CCN)s1. The van der Waals surface area contributed by atoms with Gasteiger partial charge in [0.2, 0.25) is 0 Å². The third kappa shape index (κ3) is 2.75. The molecule has 1 rings (SSSR count). The summed E-state index contributed by atoms with van der Waals surface area (Å²) in [7, 11) is 1.56. The number of hydrogen-bond donors (Lipinski definition) is 2. The molecule has 0 aliphatic carbocycles. The van der Waals surface area contributed by atoms with Crippen molar-refractivity contribution in [3.63, 3.8) is 0 Å². The van der Waals surface area contributed by atoms with Crippen LogP contribution >= 0.6 is 11.3 Å². The Balaban J connectivity index is 2.74. The molecule has 1 aromatic heterocycles. The minimum atomic E-state index is -0.616. The molecule has 0 bridgehead atoms. The van der Waals surface area contributed by atoms with E-state index in [1.54, 1.807) is 7.11 Å². The predicted octanol–water partition coefficient (Wildman–Crippen LogP) is 0.633. The molecule has 1 aromatic rings. The highest BCUT2D eigenvalue weighted by atomic mass is 32.1. The van der Waals surface area contributed by atoms with Crippen molar-refractivity contribution < 1.29 is 9.84 Å². The van der Waals surface area contributed by atoms with Gasteiger partial charge in [0.25, 0.3) is 0 Å². The topological polar surface area (TPSA) is 68.4 Å². The molecular weight excluding hydrogens is 200 g/mol. The van der Waals surface area contributed by atoms with E-state index in [-0.39, 0.29) is 6.61 Å². The lowest BCUT2D eigenvalue weighted by atomic mass is 10.3. The van der Waals surface area contributed by atoms with Crippen LogP contribution in [-0.4, -0.2) is 30.4 Å². The Morgan fingerprint density at radius 2 is 2.36 bits per heavy atom. The van der Waals surface area contributed by atoms with Crippen LogP contribution in [0, 0.1) is 6.92 Å². The summed E-state index contributed by atoms with van der Waals surface area (Å²) in [6, 6.07) is 0. The van der Waals surface area contributed by atoms with Crippen molar-refractivity contribution in [1.29, 1.82) is 0 Å². The summed E-state index contributed by atoms with van der Waals surface area (Å²) in [5.74, 6) is 0. The molecule has 0 saturated carbocycles. The van der Waals surface area contributed by atoms with Gasteiger partial charge in [-0.1, -0.05) is 0 Å². The highest BCUT2D eigenvalue weighted by Gasteiger charge is 2.14. The first-order chi connectivity index (χ1) is 6.69. The quantitative estimate of drug-likeness (QED) is 0.757. The van der Waals surface area contributed by atoms with Crippen LogP contribution < -0.4 is 5.73 Å². The molecule has 0 aromatic carbocycles. The summed E-state index contributed by atoms with van der Waals surface area (Å²) in [6.45, 7) is 2.84. The molecule has 0 aliphatic rings. The van der Waals surface area contributed by atoms with Gasteiger partial charge < -0.3 is 15.6 Å². The first kappa shape index (κ1) is 11.6. The summed E-state index contributed by atoms with van der Waals surface area (Å²) in [5, 5.41) is 10.3. The van der Waals surface area contributed by atoms with E-state index in [4.69, 9.17) is 10.5 Å². The molecule has 0 amide bonds. The van der Waals surface area contributed by atoms with Gasteiger partial charge in [0.1, 0.15) is 11.1 Å². The monoisotopic (exact) mass is 216 g/mol. The number of ether oxygens (including phenoxy) is 1. The summed E-state index contributed by atoms with van der Waals surface area (Å²) in [6.07, 6.45) is 0.207. The summed E-state index contributed by atoms with van der Waals surface area (Å²) >= 11 is 1.51. The molecule has 0 spiro atoms. The van der Waals surface area contributed by atoms with Crippen LogP contribution in [0.1, 0.15) is 21.7 Å². The lowest BCUT2D eigenvalue weighted by Crippen LogP contribution is -2.04. The molecule has 80 valence electrons. The standard InChI is InChI=1S/C9H16N2O2S/c1-6-8(3-4-10)14-9(11-6)7(12)5-13-2/h7,12H,3-5,10H2,1-2H3. The Kier molecular flexibility index (Phi) is 4.47. The molecule has 4 nitrogen and oxygen atoms in total. The van der Waals surface area contributed by atoms with Gasteiger partial charge in [0.05, 0.1) is 12.3 Å². The number of aromatic nitrogens is 1. The maximum atomic E-state index is 9.62. The first-order valence-electron chi connectivity index (χ1n) is 4.52. The molecule has 0 radical (unpaired) electrons. The van der Waals surface area contributed by atoms with Crippen LogP contribution in [-0.2, 0) is 11.2 Å². The zero-order chi connectivity index (χ0) is 10.6. The van der Waals surface area contributed by atoms with Gasteiger partial charge in [0, 0.05) is 12.0 Å². The van der Waals surface area contributed by atoms with E-state index < -0.39 is 6.10 Å². The van der Waals surface area contributed by atoms with E-state index in [2.05, 4.69) is 4.98 Å². The molecular formula is C9H16N2O2S. The van der Waals surface area contributed by atoms with Crippen LogP contribution in [0.25, 0.3) is 0 Å². The van der Waals surface area contributed by atoms with Gasteiger partial charge in [-0.15, -0.1) is 11.3 Å². The summed E-state index contributed by atoms with van der Waals surface area (Å²) < 4.78 is 4.86. The molecule has 0 fully saturated rings. The highest BCUT2D eigenvalue weighted by Crippen LogP contribution is 2.23. The average Bonchev–Trinajstić information content (AvgIpc) is 2.49. The second-order valence-corrected chi connectivity index (χ2v) is 4.19. The Hall–Kier alpha value is -0.490. The van der Waals surface area contributed by atoms with E-state index in [1.807, 2.05) is 6.92 Å². The van der Waals surface area contributed by atoms with E-state index >= 15 is 0 Å². The van der Waals surface area contributed by atoms with Crippen molar-refractivity contribution in [1.82, 2.24) is 4.98 Å². The number of nitrogens with zero attached hydrogens (tertiary/aromatic N) is 1. The van der Waals surface area contributed by atoms with Crippen LogP contribution in [0.2, 0.25) is 0 Å². The van der Waals surface area contributed by atoms with Crippen LogP contribution in [0.15, 0.2) is 0 Å². The number of nitrogens with two attached hydrogens (primary N) is 1. The van der Waals surface area contributed by atoms with Crippen molar-refractivity contribution in [2.24, 2.45) is 5.73 Å². The summed E-state index contributed by atoms with van der Waals surface area (Å²) in [4.78, 5) is 5.43. The second kappa shape index (κ2) is 5.41. The van der Waals surface area contributed by atoms with Gasteiger partial charge in [-0.2, -0.15) is 0 Å². The maximum absolute atomic E-state index is 9.62. The van der Waals surface area contributed by atoms with Crippen molar-refractivity contribution >= 4 is 11.3 Å². The zero-order valence-corrected chi connectivity index (χ0v) is 9.30. The Morgan fingerprint density at radius 1 is 1.64 bits per heavy atom. The Morgan fingerprint density at radius 3 is 2.93 bits per heavy atom. The van der Waals surface area contributed by atoms with Gasteiger partial charge in [-0.25, -0.2) is 4.98 Å². The Labute approximate surface area is 87.7 Å². The van der Waals surface area contributed by atoms with Gasteiger partial charge in [-0.05, 0) is 19.9 Å². The number of aliphatic hydroxyl groups is 1. The number of aryl methyl sites for hydroxylation is 1. The molecule has 1 atom stereocenters. The van der Waals surface area contributed by atoms with E-state index in [9.17, 15) is 5.11 Å². The molecule has 5 heteroatoms. The van der Waals surface area contributed by atoms with E-state index in [1.165, 1.54) is 11.3 Å². The number of methoxy groups -OCH3 is 1. The lowest BCUT2D eigenvalue weighted by molar-refractivity contribution is 0.0642. The fraction of sp³-hybridized carbons (Fsp3) is 0.667. The van der Waals surface area contributed by atoms with Gasteiger partial charge >= 0.3 is 0 Å². The fourth-order valence-corrected chi connectivity index (χ4v) is 2.24. The van der Waals surface area contributed by atoms with E-state index in [0.29, 0.717) is 11.6 Å². The molecule has 14 heavy (non-hydrogen) atoms. The molecule has 3 N–H and O–H groups in total. The molecule has 0 saturated heterocycles. The summed E-state index contributed by atoms with van der Waals surface area (Å²) in [5.41, 5.74) is 6.43. The smallest absolute Gasteiger partial charge is 0.129 e. The van der Waals surface area contributed by atoms with Crippen LogP contribution in [0.4, 0.5) is 0 Å². The molecule has 0 aliphatic heterocycles. The van der Waals surface area contributed by atoms with E-state index in [0.717, 1.165) is 17.0 Å². The minimum absolute atomic E-state index is 0.287. The van der Waals surface area contributed by atoms with Crippen molar-refractivity contribution in [2.75, 3.05) is 20.3 Å². The van der Waals surface area contributed by atoms with Crippen molar-refractivity contribution in [3.05, 3.63) is 15.6 Å². The number of thiazole rings is 1. The number of hydrogen-bond acceptors (Lipinski definition) is 5. The second-order valence-electron chi connectivity index (χ2n) is 3.07. The van der Waals surface area contributed by atoms with Crippen molar-refractivity contribution in [2.45, 2.75) is 19.4 Å². The predicted molar refractivity (Wildman–Crippen MR) is 56.4 cm³/mol. The Bertz CT molecular complexity index is 288. The third-order valence-electron chi connectivity index (χ3n) is 1.89. The normalized spacial score (nSPS) is 13.1. The third-order valence-corrected chi connectivity index (χ3v) is 3.21. The van der Waals surface area contributed by atoms with Crippen molar-refractivity contribution in [3.8, 4) is 0 Å². The van der Waals surface area contributed by atoms with Gasteiger partial charge in [-0.3, -0.25) is 0 Å². The maximum Gasteiger partial charge on any atom is 0.129 e. The first-order valence-corrected chi connectivity index (χ1v) is 5.34. The zero-order valence-electron chi connectivity index (χ0n) is 8.49. The largest absolute Gasteiger partial charge is 0.383 e. The molecule has 1 heterocycles. The lowest BCUT2D eigenvalue weighted by Gasteiger charge is -2.04. The fourth-order valence-electron chi connectivity index (χ4n) is 1.19. The highest BCUT2D eigenvalue weighted by molar-refractivity contribution is 7.11. The average molecular weight is 216 g/mol. The van der Waals surface area contributed by atoms with Crippen LogP contribution in [0.3, 0.4) is 0 Å². The minimum Gasteiger partial charge on any atom is -0.383 e. The van der Waals surface area contributed by atoms with Crippen LogP contribution in [0.5, 0.6) is 0 Å². The number of rotatable bonds is 5. The number of aliphatic hydroxyl groups excluding tert-OH is 1. The van der Waals surface area contributed by atoms with Gasteiger partial charge in [0.15, 0.2) is 0 Å².